The summed E-state index contributed by atoms with van der Waals surface area (Å²) in [5.41, 5.74) is 9.18. The van der Waals surface area contributed by atoms with Crippen LogP contribution in [0.15, 0.2) is 72.1 Å². The first kappa shape index (κ1) is 20.5. The minimum Gasteiger partial charge on any atom is -0.406 e. The third kappa shape index (κ3) is 4.85. The number of aromatic nitrogens is 2. The van der Waals surface area contributed by atoms with Gasteiger partial charge in [0.25, 0.3) is 0 Å². The number of hydrogen-bond donors (Lipinski definition) is 1. The molecule has 0 spiro atoms. The molecule has 0 atom stereocenters. The molecule has 0 saturated carbocycles. The first-order valence-electron chi connectivity index (χ1n) is 9.49. The first-order valence-corrected chi connectivity index (χ1v) is 9.49. The van der Waals surface area contributed by atoms with Crippen LogP contribution in [0.4, 0.5) is 18.9 Å². The van der Waals surface area contributed by atoms with E-state index in [-0.39, 0.29) is 5.75 Å². The number of hydrogen-bond acceptors (Lipinski definition) is 4. The molecule has 4 rings (SSSR count). The zero-order valence-corrected chi connectivity index (χ0v) is 16.8. The van der Waals surface area contributed by atoms with Gasteiger partial charge in [0, 0.05) is 23.5 Å². The Kier molecular flexibility index (Phi) is 5.37. The van der Waals surface area contributed by atoms with Crippen LogP contribution in [0.2, 0.25) is 0 Å². The summed E-state index contributed by atoms with van der Waals surface area (Å²) < 4.78 is 42.7. The van der Waals surface area contributed by atoms with Gasteiger partial charge >= 0.3 is 6.36 Å². The molecule has 0 unspecified atom stereocenters. The molecule has 0 aliphatic rings. The number of aryl methyl sites for hydroxylation is 2. The van der Waals surface area contributed by atoms with Crippen molar-refractivity contribution in [3.63, 3.8) is 0 Å². The lowest BCUT2D eigenvalue weighted by Crippen LogP contribution is -2.16. The number of hydrazone groups is 1. The topological polar surface area (TPSA) is 50.9 Å². The Morgan fingerprint density at radius 1 is 0.968 bits per heavy atom. The first-order chi connectivity index (χ1) is 14.8. The number of nitrogens with zero attached hydrogens (tertiary/aromatic N) is 3. The fourth-order valence-electron chi connectivity index (χ4n) is 3.21. The summed E-state index contributed by atoms with van der Waals surface area (Å²) in [7, 11) is 0. The largest absolute Gasteiger partial charge is 0.573 e. The molecule has 2 aromatic carbocycles. The van der Waals surface area contributed by atoms with Crippen LogP contribution in [-0.2, 0) is 0 Å². The predicted molar refractivity (Wildman–Crippen MR) is 114 cm³/mol. The van der Waals surface area contributed by atoms with Gasteiger partial charge < -0.3 is 9.14 Å². The molecule has 0 fully saturated rings. The second-order valence-electron chi connectivity index (χ2n) is 7.06. The summed E-state index contributed by atoms with van der Waals surface area (Å²) in [4.78, 5) is 4.52. The number of rotatable bonds is 5. The van der Waals surface area contributed by atoms with Gasteiger partial charge in [0.2, 0.25) is 0 Å². The number of para-hydroxylation sites is 1. The van der Waals surface area contributed by atoms with Gasteiger partial charge in [-0.3, -0.25) is 5.43 Å². The van der Waals surface area contributed by atoms with Crippen molar-refractivity contribution in [3.8, 4) is 17.0 Å². The average Bonchev–Trinajstić information content (AvgIpc) is 3.13. The van der Waals surface area contributed by atoms with Crippen LogP contribution in [0.25, 0.3) is 16.9 Å². The van der Waals surface area contributed by atoms with Crippen LogP contribution in [0, 0.1) is 13.8 Å². The maximum Gasteiger partial charge on any atom is 0.573 e. The number of halogens is 3. The lowest BCUT2D eigenvalue weighted by Gasteiger charge is -2.08. The van der Waals surface area contributed by atoms with Crippen molar-refractivity contribution in [1.29, 1.82) is 0 Å². The standard InChI is InChI=1S/C23H19F3N4O/c1-15-4-3-5-16(2)22(15)29-27-12-17-6-11-21-28-20(14-30(21)13-17)18-7-9-19(10-8-18)31-23(24,25)26/h3-14,29H,1-2H3/b27-12+. The van der Waals surface area contributed by atoms with E-state index in [9.17, 15) is 13.2 Å². The molecule has 0 radical (unpaired) electrons. The third-order valence-corrected chi connectivity index (χ3v) is 4.73. The van der Waals surface area contributed by atoms with Gasteiger partial charge in [-0.2, -0.15) is 5.10 Å². The number of alkyl halides is 3. The molecule has 1 N–H and O–H groups in total. The summed E-state index contributed by atoms with van der Waals surface area (Å²) in [6, 6.07) is 15.4. The Balaban J connectivity index is 1.52. The van der Waals surface area contributed by atoms with Crippen LogP contribution in [-0.4, -0.2) is 22.0 Å². The number of nitrogens with one attached hydrogen (secondary N) is 1. The monoisotopic (exact) mass is 424 g/mol. The molecular formula is C23H19F3N4O. The Morgan fingerprint density at radius 2 is 1.68 bits per heavy atom. The molecule has 8 heteroatoms. The van der Waals surface area contributed by atoms with E-state index in [1.807, 2.05) is 61.0 Å². The Morgan fingerprint density at radius 3 is 2.35 bits per heavy atom. The van der Waals surface area contributed by atoms with Crippen molar-refractivity contribution in [2.24, 2.45) is 5.10 Å². The molecule has 158 valence electrons. The van der Waals surface area contributed by atoms with Crippen LogP contribution in [0.1, 0.15) is 16.7 Å². The second kappa shape index (κ2) is 8.14. The van der Waals surface area contributed by atoms with E-state index in [4.69, 9.17) is 0 Å². The van der Waals surface area contributed by atoms with Gasteiger partial charge in [-0.15, -0.1) is 13.2 Å². The zero-order valence-electron chi connectivity index (χ0n) is 16.8. The van der Waals surface area contributed by atoms with Crippen LogP contribution in [0.3, 0.4) is 0 Å². The van der Waals surface area contributed by atoms with Crippen molar-refractivity contribution < 1.29 is 17.9 Å². The highest BCUT2D eigenvalue weighted by Gasteiger charge is 2.31. The van der Waals surface area contributed by atoms with E-state index in [0.717, 1.165) is 22.4 Å². The summed E-state index contributed by atoms with van der Waals surface area (Å²) in [6.45, 7) is 4.04. The van der Waals surface area contributed by atoms with E-state index in [2.05, 4.69) is 20.2 Å². The molecule has 31 heavy (non-hydrogen) atoms. The van der Waals surface area contributed by atoms with Crippen molar-refractivity contribution in [3.05, 3.63) is 83.7 Å². The summed E-state index contributed by atoms with van der Waals surface area (Å²) in [5, 5.41) is 4.33. The highest BCUT2D eigenvalue weighted by atomic mass is 19.4. The minimum absolute atomic E-state index is 0.269. The second-order valence-corrected chi connectivity index (χ2v) is 7.06. The Hall–Kier alpha value is -3.81. The molecule has 0 aliphatic carbocycles. The number of fused-ring (bicyclic) bond motifs is 1. The van der Waals surface area contributed by atoms with Gasteiger partial charge in [-0.25, -0.2) is 4.98 Å². The molecule has 5 nitrogen and oxygen atoms in total. The molecule has 2 heterocycles. The molecule has 4 aromatic rings. The smallest absolute Gasteiger partial charge is 0.406 e. The Bertz CT molecular complexity index is 1220. The fraction of sp³-hybridized carbons (Fsp3) is 0.130. The number of ether oxygens (including phenoxy) is 1. The molecular weight excluding hydrogens is 405 g/mol. The van der Waals surface area contributed by atoms with E-state index in [0.29, 0.717) is 16.9 Å². The molecule has 0 amide bonds. The van der Waals surface area contributed by atoms with Crippen LogP contribution >= 0.6 is 0 Å². The van der Waals surface area contributed by atoms with E-state index >= 15 is 0 Å². The maximum atomic E-state index is 12.3. The lowest BCUT2D eigenvalue weighted by atomic mass is 10.1. The van der Waals surface area contributed by atoms with E-state index in [1.54, 1.807) is 18.3 Å². The molecule has 2 aromatic heterocycles. The van der Waals surface area contributed by atoms with Gasteiger partial charge in [0.05, 0.1) is 17.6 Å². The Labute approximate surface area is 176 Å². The van der Waals surface area contributed by atoms with Crippen LogP contribution in [0.5, 0.6) is 5.75 Å². The maximum absolute atomic E-state index is 12.3. The van der Waals surface area contributed by atoms with Gasteiger partial charge in [-0.1, -0.05) is 18.2 Å². The minimum atomic E-state index is -4.71. The van der Waals surface area contributed by atoms with Gasteiger partial charge in [-0.05, 0) is 61.4 Å². The normalized spacial score (nSPS) is 11.9. The fourth-order valence-corrected chi connectivity index (χ4v) is 3.21. The van der Waals surface area contributed by atoms with Crippen LogP contribution < -0.4 is 10.2 Å². The number of pyridine rings is 1. The van der Waals surface area contributed by atoms with Crippen molar-refractivity contribution >= 4 is 17.5 Å². The van der Waals surface area contributed by atoms with E-state index < -0.39 is 6.36 Å². The quantitative estimate of drug-likeness (QED) is 0.318. The van der Waals surface area contributed by atoms with Crippen molar-refractivity contribution in [1.82, 2.24) is 9.38 Å². The summed E-state index contributed by atoms with van der Waals surface area (Å²) in [5.74, 6) is -0.269. The van der Waals surface area contributed by atoms with E-state index in [1.165, 1.54) is 12.1 Å². The molecule has 0 saturated heterocycles. The number of benzene rings is 2. The summed E-state index contributed by atoms with van der Waals surface area (Å²) in [6.07, 6.45) is 0.692. The average molecular weight is 424 g/mol. The molecule has 0 aliphatic heterocycles. The molecule has 0 bridgehead atoms. The number of imidazole rings is 1. The summed E-state index contributed by atoms with van der Waals surface area (Å²) >= 11 is 0. The SMILES string of the molecule is Cc1cccc(C)c1N/N=C/c1ccc2nc(-c3ccc(OC(F)(F)F)cc3)cn2c1. The third-order valence-electron chi connectivity index (χ3n) is 4.73. The predicted octanol–water partition coefficient (Wildman–Crippen LogP) is 5.96. The van der Waals surface area contributed by atoms with Gasteiger partial charge in [0.15, 0.2) is 0 Å². The zero-order chi connectivity index (χ0) is 22.0. The lowest BCUT2D eigenvalue weighted by molar-refractivity contribution is -0.274. The highest BCUT2D eigenvalue weighted by Crippen LogP contribution is 2.26. The van der Waals surface area contributed by atoms with Crippen molar-refractivity contribution in [2.45, 2.75) is 20.2 Å². The number of anilines is 1. The highest BCUT2D eigenvalue weighted by molar-refractivity contribution is 5.81. The van der Waals surface area contributed by atoms with Gasteiger partial charge in [0.1, 0.15) is 11.4 Å². The van der Waals surface area contributed by atoms with Crippen molar-refractivity contribution in [2.75, 3.05) is 5.43 Å².